The molecule has 1 saturated heterocycles. The normalized spacial score (nSPS) is 33.0. The first-order valence-electron chi connectivity index (χ1n) is 10.3. The Hall–Kier alpha value is -3.13. The zero-order valence-electron chi connectivity index (χ0n) is 17.5. The van der Waals surface area contributed by atoms with Gasteiger partial charge in [0.05, 0.1) is 25.5 Å². The van der Waals surface area contributed by atoms with Crippen LogP contribution in [-0.4, -0.2) is 66.4 Å². The molecule has 4 bridgehead atoms. The summed E-state index contributed by atoms with van der Waals surface area (Å²) in [5.41, 5.74) is -2.58. The van der Waals surface area contributed by atoms with Crippen molar-refractivity contribution in [2.75, 3.05) is 32.2 Å². The fourth-order valence-electron chi connectivity index (χ4n) is 6.07. The van der Waals surface area contributed by atoms with E-state index in [2.05, 4.69) is 0 Å². The lowest BCUT2D eigenvalue weighted by atomic mass is 9.57. The van der Waals surface area contributed by atoms with Crippen LogP contribution in [0, 0.1) is 0 Å². The molecule has 31 heavy (non-hydrogen) atoms. The zero-order chi connectivity index (χ0) is 22.0. The highest BCUT2D eigenvalue weighted by atomic mass is 16.5. The van der Waals surface area contributed by atoms with E-state index in [0.29, 0.717) is 30.8 Å². The number of ether oxygens (including phenoxy) is 2. The van der Waals surface area contributed by atoms with E-state index in [4.69, 9.17) is 9.47 Å². The highest BCUT2D eigenvalue weighted by Gasteiger charge is 2.73. The smallest absolute Gasteiger partial charge is 0.414 e. The number of hydrogen-bond donors (Lipinski definition) is 1. The topological polar surface area (TPSA) is 96.4 Å². The molecule has 0 radical (unpaired) electrons. The minimum atomic E-state index is -1.38. The van der Waals surface area contributed by atoms with Crippen molar-refractivity contribution < 1.29 is 29.0 Å². The summed E-state index contributed by atoms with van der Waals surface area (Å²) in [6, 6.07) is 7.24. The molecular weight excluding hydrogens is 400 g/mol. The summed E-state index contributed by atoms with van der Waals surface area (Å²) < 4.78 is 10.3. The van der Waals surface area contributed by atoms with Gasteiger partial charge in [0.15, 0.2) is 0 Å². The number of hydrogen-bond acceptors (Lipinski definition) is 6. The van der Waals surface area contributed by atoms with Crippen molar-refractivity contribution in [3.8, 4) is 0 Å². The van der Waals surface area contributed by atoms with E-state index in [0.717, 1.165) is 0 Å². The molecule has 3 unspecified atom stereocenters. The van der Waals surface area contributed by atoms with Gasteiger partial charge in [-0.1, -0.05) is 30.4 Å². The van der Waals surface area contributed by atoms with Gasteiger partial charge in [0.1, 0.15) is 16.6 Å². The summed E-state index contributed by atoms with van der Waals surface area (Å²) >= 11 is 0. The Labute approximate surface area is 179 Å². The molecule has 2 amide bonds. The van der Waals surface area contributed by atoms with E-state index in [9.17, 15) is 19.5 Å². The lowest BCUT2D eigenvalue weighted by Gasteiger charge is -2.51. The first-order valence-corrected chi connectivity index (χ1v) is 10.3. The van der Waals surface area contributed by atoms with Gasteiger partial charge in [-0.05, 0) is 37.0 Å². The Balaban J connectivity index is 1.92. The molecule has 1 fully saturated rings. The summed E-state index contributed by atoms with van der Waals surface area (Å²) in [4.78, 5) is 43.6. The van der Waals surface area contributed by atoms with E-state index in [-0.39, 0.29) is 24.3 Å². The summed E-state index contributed by atoms with van der Waals surface area (Å²) in [6.07, 6.45) is 5.04. The van der Waals surface area contributed by atoms with Crippen molar-refractivity contribution >= 4 is 23.7 Å². The number of anilines is 1. The second kappa shape index (κ2) is 6.43. The highest BCUT2D eigenvalue weighted by Crippen LogP contribution is 2.63. The van der Waals surface area contributed by atoms with Crippen molar-refractivity contribution in [3.63, 3.8) is 0 Å². The molecule has 5 aliphatic rings. The number of carbonyl (C=O) groups is 3. The molecule has 162 valence electrons. The fourth-order valence-corrected chi connectivity index (χ4v) is 6.07. The molecule has 3 atom stereocenters. The zero-order valence-corrected chi connectivity index (χ0v) is 17.5. The van der Waals surface area contributed by atoms with Crippen LogP contribution in [0.3, 0.4) is 0 Å². The summed E-state index contributed by atoms with van der Waals surface area (Å²) in [5.74, 6) is -0.822. The number of carbonyl (C=O) groups excluding carboxylic acids is 3. The van der Waals surface area contributed by atoms with Gasteiger partial charge in [-0.3, -0.25) is 9.69 Å². The van der Waals surface area contributed by atoms with E-state index >= 15 is 0 Å². The minimum absolute atomic E-state index is 0.104. The molecule has 6 rings (SSSR count). The van der Waals surface area contributed by atoms with Gasteiger partial charge in [-0.2, -0.15) is 0 Å². The fraction of sp³-hybridized carbons (Fsp3) is 0.435. The Morgan fingerprint density at radius 3 is 2.61 bits per heavy atom. The summed E-state index contributed by atoms with van der Waals surface area (Å²) in [5, 5.41) is 11.2. The van der Waals surface area contributed by atoms with Crippen LogP contribution >= 0.6 is 0 Å². The molecule has 4 aliphatic heterocycles. The van der Waals surface area contributed by atoms with Crippen LogP contribution in [0.1, 0.15) is 24.8 Å². The molecule has 8 nitrogen and oxygen atoms in total. The van der Waals surface area contributed by atoms with Crippen LogP contribution in [0.5, 0.6) is 0 Å². The van der Waals surface area contributed by atoms with Crippen LogP contribution < -0.4 is 4.90 Å². The van der Waals surface area contributed by atoms with E-state index < -0.39 is 28.6 Å². The Morgan fingerprint density at radius 1 is 1.10 bits per heavy atom. The number of aliphatic hydroxyl groups is 1. The van der Waals surface area contributed by atoms with E-state index in [1.807, 2.05) is 12.1 Å². The predicted octanol–water partition coefficient (Wildman–Crippen LogP) is 1.68. The van der Waals surface area contributed by atoms with Gasteiger partial charge in [0.25, 0.3) is 0 Å². The van der Waals surface area contributed by atoms with Gasteiger partial charge >= 0.3 is 12.1 Å². The third kappa shape index (κ3) is 2.25. The van der Waals surface area contributed by atoms with Crippen molar-refractivity contribution in [2.45, 2.75) is 35.8 Å². The number of amides is 2. The van der Waals surface area contributed by atoms with Crippen LogP contribution in [0.15, 0.2) is 48.1 Å². The Morgan fingerprint density at radius 2 is 1.87 bits per heavy atom. The number of methoxy groups -OCH3 is 2. The van der Waals surface area contributed by atoms with E-state index in [1.165, 1.54) is 25.2 Å². The molecule has 8 heteroatoms. The maximum Gasteiger partial charge on any atom is 0.414 e. The second-order valence-electron chi connectivity index (χ2n) is 8.53. The standard InChI is InChI=1S/C23H24N2O6/c1-30-18(26)16-14-21(29)8-5-12-24-13-11-22(19(24)27)15-6-3-4-7-17(15)25(20(28)31-2)23(16,22)10-9-21/h3-8,14,29H,9-13H2,1-2H3. The number of esters is 1. The van der Waals surface area contributed by atoms with Gasteiger partial charge < -0.3 is 19.5 Å². The largest absolute Gasteiger partial charge is 0.466 e. The lowest BCUT2D eigenvalue weighted by molar-refractivity contribution is -0.139. The molecule has 0 saturated carbocycles. The summed E-state index contributed by atoms with van der Waals surface area (Å²) in [6.45, 7) is 0.821. The van der Waals surface area contributed by atoms with E-state index in [1.54, 1.807) is 29.2 Å². The number of rotatable bonds is 1. The molecule has 4 heterocycles. The molecule has 1 N–H and O–H groups in total. The molecule has 1 aromatic rings. The van der Waals surface area contributed by atoms with Gasteiger partial charge in [-0.15, -0.1) is 0 Å². The average molecular weight is 424 g/mol. The number of fused-ring (bicyclic) bond motifs is 3. The molecule has 0 aromatic heterocycles. The monoisotopic (exact) mass is 424 g/mol. The van der Waals surface area contributed by atoms with Gasteiger partial charge in [0, 0.05) is 13.1 Å². The van der Waals surface area contributed by atoms with Gasteiger partial charge in [-0.25, -0.2) is 9.59 Å². The predicted molar refractivity (Wildman–Crippen MR) is 110 cm³/mol. The number of benzene rings is 1. The van der Waals surface area contributed by atoms with Gasteiger partial charge in [0.2, 0.25) is 5.91 Å². The average Bonchev–Trinajstić information content (AvgIpc) is 3.22. The maximum atomic E-state index is 14.0. The van der Waals surface area contributed by atoms with Crippen molar-refractivity contribution in [2.24, 2.45) is 0 Å². The number of para-hydroxylation sites is 1. The SMILES string of the molecule is COC(=O)C1=CC2(O)C=CCN3CCC4(C3=O)c3ccccc3N(C(=O)OC)C14CC2. The lowest BCUT2D eigenvalue weighted by Crippen LogP contribution is -2.67. The summed E-state index contributed by atoms with van der Waals surface area (Å²) in [7, 11) is 2.53. The Kier molecular flexibility index (Phi) is 4.11. The molecule has 2 spiro atoms. The third-order valence-corrected chi connectivity index (χ3v) is 7.32. The molecule has 1 aromatic carbocycles. The van der Waals surface area contributed by atoms with Crippen LogP contribution in [0.25, 0.3) is 0 Å². The van der Waals surface area contributed by atoms with Crippen molar-refractivity contribution in [3.05, 3.63) is 53.6 Å². The Bertz CT molecular complexity index is 1060. The minimum Gasteiger partial charge on any atom is -0.466 e. The molecule has 1 aliphatic carbocycles. The molecular formula is C23H24N2O6. The first kappa shape index (κ1) is 19.8. The van der Waals surface area contributed by atoms with Crippen LogP contribution in [0.2, 0.25) is 0 Å². The van der Waals surface area contributed by atoms with Crippen LogP contribution in [0.4, 0.5) is 10.5 Å². The second-order valence-corrected chi connectivity index (χ2v) is 8.53. The third-order valence-electron chi connectivity index (χ3n) is 7.32. The first-order chi connectivity index (χ1) is 14.8. The van der Waals surface area contributed by atoms with Crippen LogP contribution in [-0.2, 0) is 24.5 Å². The number of nitrogens with zero attached hydrogens (tertiary/aromatic N) is 2. The maximum absolute atomic E-state index is 14.0. The quantitative estimate of drug-likeness (QED) is 0.544. The highest BCUT2D eigenvalue weighted by molar-refractivity contribution is 6.09. The van der Waals surface area contributed by atoms with Crippen molar-refractivity contribution in [1.82, 2.24) is 4.90 Å². The van der Waals surface area contributed by atoms with Crippen molar-refractivity contribution in [1.29, 1.82) is 0 Å².